The topological polar surface area (TPSA) is 70.0 Å². The van der Waals surface area contributed by atoms with Crippen LogP contribution in [-0.4, -0.2) is 48.4 Å². The predicted octanol–water partition coefficient (Wildman–Crippen LogP) is 2.36. The molecule has 4 heterocycles. The number of rotatable bonds is 5. The Morgan fingerprint density at radius 2 is 2.08 bits per heavy atom. The molecule has 4 rings (SSSR count). The second kappa shape index (κ2) is 6.51. The van der Waals surface area contributed by atoms with E-state index in [0.717, 1.165) is 38.2 Å². The number of hydrogen-bond donors (Lipinski definition) is 2. The van der Waals surface area contributed by atoms with Gasteiger partial charge in [-0.25, -0.2) is 4.98 Å². The molecule has 6 nitrogen and oxygen atoms in total. The van der Waals surface area contributed by atoms with Gasteiger partial charge in [0.05, 0.1) is 29.0 Å². The Labute approximate surface area is 144 Å². The fourth-order valence-electron chi connectivity index (χ4n) is 3.23. The van der Waals surface area contributed by atoms with Crippen LogP contribution in [0.5, 0.6) is 0 Å². The third-order valence-corrected chi connectivity index (χ3v) is 5.73. The van der Waals surface area contributed by atoms with Crippen LogP contribution in [0.3, 0.4) is 0 Å². The highest BCUT2D eigenvalue weighted by Crippen LogP contribution is 2.29. The van der Waals surface area contributed by atoms with Gasteiger partial charge in [-0.05, 0) is 31.0 Å². The van der Waals surface area contributed by atoms with Gasteiger partial charge in [-0.15, -0.1) is 11.3 Å². The average molecular weight is 343 g/mol. The molecule has 0 unspecified atom stereocenters. The van der Waals surface area contributed by atoms with Crippen LogP contribution in [-0.2, 0) is 13.1 Å². The second-order valence-electron chi connectivity index (χ2n) is 6.47. The van der Waals surface area contributed by atoms with Gasteiger partial charge in [0.25, 0.3) is 0 Å². The first-order valence-electron chi connectivity index (χ1n) is 8.19. The summed E-state index contributed by atoms with van der Waals surface area (Å²) in [5.74, 6) is 0. The van der Waals surface area contributed by atoms with Gasteiger partial charge in [-0.1, -0.05) is 0 Å². The number of aliphatic hydroxyl groups is 1. The highest BCUT2D eigenvalue weighted by atomic mass is 32.1. The van der Waals surface area contributed by atoms with Crippen LogP contribution in [0, 0.1) is 0 Å². The van der Waals surface area contributed by atoms with E-state index in [4.69, 9.17) is 0 Å². The second-order valence-corrected chi connectivity index (χ2v) is 7.64. The number of nitrogens with zero attached hydrogens (tertiary/aromatic N) is 4. The summed E-state index contributed by atoms with van der Waals surface area (Å²) >= 11 is 1.80. The Morgan fingerprint density at radius 3 is 2.79 bits per heavy atom. The largest absolute Gasteiger partial charge is 0.388 e. The first-order valence-corrected chi connectivity index (χ1v) is 9.01. The number of aromatic nitrogens is 4. The lowest BCUT2D eigenvalue weighted by molar-refractivity contribution is -0.0355. The number of imidazole rings is 1. The van der Waals surface area contributed by atoms with Gasteiger partial charge in [0.2, 0.25) is 0 Å². The molecule has 0 atom stereocenters. The van der Waals surface area contributed by atoms with Gasteiger partial charge in [0, 0.05) is 43.1 Å². The molecule has 2 N–H and O–H groups in total. The van der Waals surface area contributed by atoms with Crippen molar-refractivity contribution in [3.8, 4) is 10.6 Å². The molecule has 126 valence electrons. The number of thiophene rings is 1. The molecule has 1 saturated heterocycles. The van der Waals surface area contributed by atoms with Gasteiger partial charge in [-0.3, -0.25) is 10.00 Å². The third kappa shape index (κ3) is 3.43. The monoisotopic (exact) mass is 343 g/mol. The average Bonchev–Trinajstić information content (AvgIpc) is 3.31. The summed E-state index contributed by atoms with van der Waals surface area (Å²) in [5, 5.41) is 17.8. The van der Waals surface area contributed by atoms with Crippen molar-refractivity contribution in [3.05, 3.63) is 48.0 Å². The molecule has 0 saturated carbocycles. The van der Waals surface area contributed by atoms with Crippen molar-refractivity contribution in [1.82, 2.24) is 24.6 Å². The minimum atomic E-state index is -0.617. The summed E-state index contributed by atoms with van der Waals surface area (Å²) in [4.78, 5) is 9.04. The fourth-order valence-corrected chi connectivity index (χ4v) is 4.25. The van der Waals surface area contributed by atoms with Crippen molar-refractivity contribution in [1.29, 1.82) is 0 Å². The number of piperidine rings is 1. The van der Waals surface area contributed by atoms with Crippen LogP contribution in [0.25, 0.3) is 10.6 Å². The molecule has 0 aromatic carbocycles. The summed E-state index contributed by atoms with van der Waals surface area (Å²) < 4.78 is 1.96. The molecule has 3 aromatic rings. The van der Waals surface area contributed by atoms with Crippen LogP contribution in [0.15, 0.2) is 43.1 Å². The third-order valence-electron chi connectivity index (χ3n) is 4.63. The van der Waals surface area contributed by atoms with Crippen LogP contribution in [0.1, 0.15) is 17.7 Å². The molecule has 24 heavy (non-hydrogen) atoms. The number of likely N-dealkylation sites (tertiary alicyclic amines) is 1. The molecule has 0 radical (unpaired) electrons. The van der Waals surface area contributed by atoms with Crippen LogP contribution >= 0.6 is 11.3 Å². The molecule has 0 spiro atoms. The van der Waals surface area contributed by atoms with Crippen molar-refractivity contribution in [2.75, 3.05) is 13.1 Å². The van der Waals surface area contributed by atoms with Gasteiger partial charge in [0.15, 0.2) is 0 Å². The quantitative estimate of drug-likeness (QED) is 0.746. The van der Waals surface area contributed by atoms with Crippen LogP contribution in [0.2, 0.25) is 0 Å². The first-order chi connectivity index (χ1) is 11.7. The first kappa shape index (κ1) is 15.6. The number of H-pyrrole nitrogens is 1. The Hall–Kier alpha value is -1.96. The summed E-state index contributed by atoms with van der Waals surface area (Å²) in [5.41, 5.74) is 0.452. The lowest BCUT2D eigenvalue weighted by atomic mass is 9.91. The molecule has 0 amide bonds. The smallest absolute Gasteiger partial charge is 0.0946 e. The SMILES string of the molecule is OC1(Cn2ccnc2)CCN(Cc2ccc(-c3ccn[nH]3)s2)CC1. The van der Waals surface area contributed by atoms with Crippen molar-refractivity contribution < 1.29 is 5.11 Å². The Kier molecular flexibility index (Phi) is 4.22. The molecular formula is C17H21N5OS. The predicted molar refractivity (Wildman–Crippen MR) is 93.6 cm³/mol. The van der Waals surface area contributed by atoms with Crippen molar-refractivity contribution in [2.24, 2.45) is 0 Å². The zero-order chi connectivity index (χ0) is 16.4. The van der Waals surface area contributed by atoms with Crippen molar-refractivity contribution >= 4 is 11.3 Å². The molecule has 1 aliphatic heterocycles. The van der Waals surface area contributed by atoms with Crippen molar-refractivity contribution in [2.45, 2.75) is 31.5 Å². The van der Waals surface area contributed by atoms with E-state index in [-0.39, 0.29) is 0 Å². The molecule has 0 aliphatic carbocycles. The fraction of sp³-hybridized carbons (Fsp3) is 0.412. The normalized spacial score (nSPS) is 18.0. The van der Waals surface area contributed by atoms with E-state index in [1.165, 1.54) is 9.75 Å². The summed E-state index contributed by atoms with van der Waals surface area (Å²) in [6, 6.07) is 6.33. The zero-order valence-corrected chi connectivity index (χ0v) is 14.2. The minimum absolute atomic E-state index is 0.617. The molecule has 1 fully saturated rings. The number of hydrogen-bond acceptors (Lipinski definition) is 5. The van der Waals surface area contributed by atoms with E-state index >= 15 is 0 Å². The Bertz CT molecular complexity index is 757. The summed E-state index contributed by atoms with van der Waals surface area (Å²) in [7, 11) is 0. The lowest BCUT2D eigenvalue weighted by Crippen LogP contribution is -2.46. The molecule has 7 heteroatoms. The van der Waals surface area contributed by atoms with Crippen molar-refractivity contribution in [3.63, 3.8) is 0 Å². The van der Waals surface area contributed by atoms with Gasteiger partial charge in [0.1, 0.15) is 0 Å². The van der Waals surface area contributed by atoms with Gasteiger partial charge < -0.3 is 9.67 Å². The molecular weight excluding hydrogens is 322 g/mol. The minimum Gasteiger partial charge on any atom is -0.388 e. The number of aromatic amines is 1. The van der Waals surface area contributed by atoms with E-state index in [0.29, 0.717) is 6.54 Å². The van der Waals surface area contributed by atoms with E-state index in [2.05, 4.69) is 32.2 Å². The Balaban J connectivity index is 1.33. The zero-order valence-electron chi connectivity index (χ0n) is 13.4. The maximum Gasteiger partial charge on any atom is 0.0946 e. The Morgan fingerprint density at radius 1 is 1.21 bits per heavy atom. The van der Waals surface area contributed by atoms with Crippen LogP contribution < -0.4 is 0 Å². The molecule has 3 aromatic heterocycles. The maximum atomic E-state index is 10.8. The molecule has 0 bridgehead atoms. The lowest BCUT2D eigenvalue weighted by Gasteiger charge is -2.38. The van der Waals surface area contributed by atoms with E-state index < -0.39 is 5.60 Å². The maximum absolute atomic E-state index is 10.8. The van der Waals surface area contributed by atoms with Crippen LogP contribution in [0.4, 0.5) is 0 Å². The standard InChI is InChI=1S/C17H21N5OS/c23-17(12-22-10-7-18-13-22)4-8-21(9-5-17)11-14-1-2-16(24-14)15-3-6-19-20-15/h1-3,6-7,10,13,23H,4-5,8-9,11-12H2,(H,19,20). The van der Waals surface area contributed by atoms with E-state index in [1.807, 2.05) is 16.8 Å². The van der Waals surface area contributed by atoms with E-state index in [9.17, 15) is 5.11 Å². The van der Waals surface area contributed by atoms with Gasteiger partial charge >= 0.3 is 0 Å². The highest BCUT2D eigenvalue weighted by molar-refractivity contribution is 7.15. The van der Waals surface area contributed by atoms with E-state index in [1.54, 1.807) is 30.1 Å². The summed E-state index contributed by atoms with van der Waals surface area (Å²) in [6.45, 7) is 3.41. The molecule has 1 aliphatic rings. The number of nitrogens with one attached hydrogen (secondary N) is 1. The highest BCUT2D eigenvalue weighted by Gasteiger charge is 2.32. The van der Waals surface area contributed by atoms with Gasteiger partial charge in [-0.2, -0.15) is 5.10 Å². The summed E-state index contributed by atoms with van der Waals surface area (Å²) in [6.07, 6.45) is 8.81.